The average Bonchev–Trinajstić information content (AvgIpc) is 1.64. The first-order valence-corrected chi connectivity index (χ1v) is 34.8. The molecule has 0 aliphatic carbocycles. The highest BCUT2D eigenvalue weighted by Gasteiger charge is 2.14. The molecule has 0 bridgehead atoms. The number of hydrogen-bond donors (Lipinski definition) is 0. The summed E-state index contributed by atoms with van der Waals surface area (Å²) >= 11 is 0. The Hall–Kier alpha value is -11.1. The number of hydrogen-bond acceptors (Lipinski definition) is 1. The van der Waals surface area contributed by atoms with Crippen LogP contribution in [0.25, 0.3) is 104 Å². The normalized spacial score (nSPS) is 10.5. The molecule has 4 heterocycles. The van der Waals surface area contributed by atoms with Gasteiger partial charge in [0.25, 0.3) is 0 Å². The molecule has 0 saturated carbocycles. The molecule has 0 amide bonds. The van der Waals surface area contributed by atoms with Crippen molar-refractivity contribution in [2.75, 3.05) is 11.9 Å². The second kappa shape index (κ2) is 35.4. The Morgan fingerprint density at radius 1 is 0.216 bits per heavy atom. The molecule has 0 fully saturated rings. The molecule has 4 aromatic heterocycles. The van der Waals surface area contributed by atoms with Crippen molar-refractivity contribution in [2.24, 2.45) is 7.05 Å². The third-order valence-electron chi connectivity index (χ3n) is 17.3. The van der Waals surface area contributed by atoms with Gasteiger partial charge in [-0.3, -0.25) is 0 Å². The number of rotatable bonds is 9. The molecule has 0 radical (unpaired) electrons. The molecule has 0 aliphatic rings. The standard InChI is InChI=1S/3C18H13N.C13H11N.C13H13N.2C5H12.C2H6/c3*1-2-8-14(9-3-1)19-17-12-6-4-10-15(17)16-11-5-7-13-18(16)19;1-14-12-8-4-2-6-10(12)11-7-3-5-9-13(11)14;1-14(12-8-4-2-5-9-12)13-10-6-3-7-11-13;2*1-3-5-4-2;1-2/h3*1-13H;2-9H,1H3;2-11H,1H3;2*3-5H2,1-2H3;1-2H3. The number of anilines is 2. The minimum Gasteiger partial charge on any atom is -0.345 e. The van der Waals surface area contributed by atoms with Crippen LogP contribution in [-0.2, 0) is 7.05 Å². The molecule has 97 heavy (non-hydrogen) atoms. The highest BCUT2D eigenvalue weighted by Crippen LogP contribution is 2.35. The maximum absolute atomic E-state index is 2.32. The van der Waals surface area contributed by atoms with Crippen LogP contribution in [0.15, 0.2) is 346 Å². The number of benzene rings is 13. The fraction of sp³-hybridized carbons (Fsp3) is 0.152. The zero-order valence-corrected chi connectivity index (χ0v) is 57.9. The summed E-state index contributed by atoms with van der Waals surface area (Å²) in [5.41, 5.74) is 16.2. The molecule has 5 nitrogen and oxygen atoms in total. The Balaban J connectivity index is 0.000000127. The van der Waals surface area contributed by atoms with E-state index < -0.39 is 0 Å². The number of fused-ring (bicyclic) bond motifs is 12. The van der Waals surface area contributed by atoms with Gasteiger partial charge < -0.3 is 23.2 Å². The Morgan fingerprint density at radius 2 is 0.381 bits per heavy atom. The second-order valence-corrected chi connectivity index (χ2v) is 23.6. The van der Waals surface area contributed by atoms with Crippen LogP contribution in [0.4, 0.5) is 11.4 Å². The van der Waals surface area contributed by atoms with Gasteiger partial charge in [0.2, 0.25) is 0 Å². The van der Waals surface area contributed by atoms with E-state index in [1.54, 1.807) is 0 Å². The number of aromatic nitrogens is 4. The topological polar surface area (TPSA) is 23.0 Å². The molecule has 0 spiro atoms. The van der Waals surface area contributed by atoms with E-state index in [0.717, 1.165) is 0 Å². The third-order valence-corrected chi connectivity index (χ3v) is 17.3. The van der Waals surface area contributed by atoms with Crippen LogP contribution in [0.1, 0.15) is 80.1 Å². The molecule has 0 atom stereocenters. The predicted octanol–water partition coefficient (Wildman–Crippen LogP) is 26.6. The quantitative estimate of drug-likeness (QED) is 0.141. The summed E-state index contributed by atoms with van der Waals surface area (Å²) in [7, 11) is 4.19. The van der Waals surface area contributed by atoms with Crippen LogP contribution in [0.3, 0.4) is 0 Å². The minimum absolute atomic E-state index is 1.21. The largest absolute Gasteiger partial charge is 0.345 e. The van der Waals surface area contributed by atoms with Crippen LogP contribution in [0.2, 0.25) is 0 Å². The molecule has 17 rings (SSSR count). The third kappa shape index (κ3) is 16.3. The van der Waals surface area contributed by atoms with Crippen molar-refractivity contribution in [3.8, 4) is 17.1 Å². The molecular weight excluding hydrogens is 1180 g/mol. The molecule has 17 aromatic rings. The molecule has 13 aromatic carbocycles. The summed E-state index contributed by atoms with van der Waals surface area (Å²) in [6.07, 6.45) is 8.15. The Kier molecular flexibility index (Phi) is 25.1. The minimum atomic E-state index is 1.21. The van der Waals surface area contributed by atoms with E-state index in [4.69, 9.17) is 0 Å². The number of para-hydroxylation sites is 13. The number of aryl methyl sites for hydroxylation is 1. The summed E-state index contributed by atoms with van der Waals surface area (Å²) in [5.74, 6) is 0. The van der Waals surface area contributed by atoms with Crippen molar-refractivity contribution in [1.29, 1.82) is 0 Å². The van der Waals surface area contributed by atoms with Gasteiger partial charge in [0.05, 0.1) is 33.1 Å². The zero-order valence-electron chi connectivity index (χ0n) is 57.9. The zero-order chi connectivity index (χ0) is 67.6. The monoisotopic (exact) mass is 1270 g/mol. The van der Waals surface area contributed by atoms with E-state index in [0.29, 0.717) is 0 Å². The van der Waals surface area contributed by atoms with Gasteiger partial charge in [-0.05, 0) is 109 Å². The average molecular weight is 1270 g/mol. The molecule has 486 valence electrons. The van der Waals surface area contributed by atoms with Crippen LogP contribution >= 0.6 is 0 Å². The molecule has 0 aliphatic heterocycles. The Labute approximate surface area is 575 Å². The van der Waals surface area contributed by atoms with Crippen molar-refractivity contribution >= 4 is 98.6 Å². The van der Waals surface area contributed by atoms with Gasteiger partial charge in [0.15, 0.2) is 0 Å². The van der Waals surface area contributed by atoms with Crippen LogP contribution in [0, 0.1) is 0 Å². The van der Waals surface area contributed by atoms with Gasteiger partial charge in [0, 0.05) is 96.7 Å². The summed E-state index contributed by atoms with van der Waals surface area (Å²) in [6, 6.07) is 121. The Bertz CT molecular complexity index is 4520. The van der Waals surface area contributed by atoms with Crippen molar-refractivity contribution in [3.05, 3.63) is 346 Å². The van der Waals surface area contributed by atoms with Gasteiger partial charge in [-0.1, -0.05) is 317 Å². The van der Waals surface area contributed by atoms with Crippen molar-refractivity contribution in [1.82, 2.24) is 18.3 Å². The van der Waals surface area contributed by atoms with E-state index in [9.17, 15) is 0 Å². The lowest BCUT2D eigenvalue weighted by Crippen LogP contribution is -2.08. The molecule has 0 N–H and O–H groups in total. The number of unbranched alkanes of at least 4 members (excludes halogenated alkanes) is 4. The summed E-state index contributed by atoms with van der Waals surface area (Å²) < 4.78 is 9.21. The number of nitrogens with zero attached hydrogens (tertiary/aromatic N) is 5. The van der Waals surface area contributed by atoms with Gasteiger partial charge in [-0.2, -0.15) is 0 Å². The maximum atomic E-state index is 2.32. The maximum Gasteiger partial charge on any atom is 0.0541 e. The predicted molar refractivity (Wildman–Crippen MR) is 425 cm³/mol. The lowest BCUT2D eigenvalue weighted by molar-refractivity contribution is 0.772. The SMILES string of the molecule is CC.CCCCC.CCCCC.CN(c1ccccc1)c1ccccc1.Cn1c2ccccc2c2ccccc21.c1ccc(-n2c3ccccc3c3ccccc32)cc1.c1ccc(-n2c3ccccc3c3ccccc32)cc1.c1ccc(-n2c3ccccc3c3ccccc32)cc1. The highest BCUT2D eigenvalue weighted by molar-refractivity contribution is 6.11. The first-order chi connectivity index (χ1) is 47.9. The van der Waals surface area contributed by atoms with Gasteiger partial charge in [-0.15, -0.1) is 0 Å². The molecule has 0 saturated heterocycles. The highest BCUT2D eigenvalue weighted by atomic mass is 15.1. The van der Waals surface area contributed by atoms with E-state index in [1.165, 1.54) is 154 Å². The fourth-order valence-corrected chi connectivity index (χ4v) is 12.6. The van der Waals surface area contributed by atoms with E-state index >= 15 is 0 Å². The summed E-state index contributed by atoms with van der Waals surface area (Å²) in [4.78, 5) is 2.17. The fourth-order valence-electron chi connectivity index (χ4n) is 12.6. The molecule has 0 unspecified atom stereocenters. The summed E-state index contributed by atoms with van der Waals surface area (Å²) in [6.45, 7) is 12.8. The van der Waals surface area contributed by atoms with Gasteiger partial charge in [0.1, 0.15) is 0 Å². The smallest absolute Gasteiger partial charge is 0.0541 e. The van der Waals surface area contributed by atoms with E-state index in [2.05, 4.69) is 399 Å². The summed E-state index contributed by atoms with van der Waals surface area (Å²) in [5, 5.41) is 10.5. The van der Waals surface area contributed by atoms with Gasteiger partial charge >= 0.3 is 0 Å². The van der Waals surface area contributed by atoms with Crippen LogP contribution in [0.5, 0.6) is 0 Å². The lowest BCUT2D eigenvalue weighted by Gasteiger charge is -2.18. The van der Waals surface area contributed by atoms with Crippen LogP contribution < -0.4 is 4.90 Å². The Morgan fingerprint density at radius 3 is 0.577 bits per heavy atom. The van der Waals surface area contributed by atoms with Gasteiger partial charge in [-0.25, -0.2) is 0 Å². The first-order valence-electron chi connectivity index (χ1n) is 34.8. The van der Waals surface area contributed by atoms with E-state index in [1.807, 2.05) is 26.0 Å². The second-order valence-electron chi connectivity index (χ2n) is 23.6. The first kappa shape index (κ1) is 68.7. The van der Waals surface area contributed by atoms with Crippen molar-refractivity contribution in [2.45, 2.75) is 80.1 Å². The lowest BCUT2D eigenvalue weighted by atomic mass is 10.2. The van der Waals surface area contributed by atoms with Crippen molar-refractivity contribution in [3.63, 3.8) is 0 Å². The van der Waals surface area contributed by atoms with E-state index in [-0.39, 0.29) is 0 Å². The van der Waals surface area contributed by atoms with Crippen LogP contribution in [-0.4, -0.2) is 25.3 Å². The molecular formula is C92H93N5. The molecule has 5 heteroatoms. The van der Waals surface area contributed by atoms with Crippen molar-refractivity contribution < 1.29 is 0 Å².